The van der Waals surface area contributed by atoms with E-state index in [0.717, 1.165) is 22.2 Å². The summed E-state index contributed by atoms with van der Waals surface area (Å²) in [6.07, 6.45) is -5.29. The number of benzene rings is 2. The van der Waals surface area contributed by atoms with Crippen LogP contribution >= 0.6 is 0 Å². The Hall–Kier alpha value is -4.68. The van der Waals surface area contributed by atoms with E-state index < -0.39 is 41.3 Å². The lowest BCUT2D eigenvalue weighted by Crippen LogP contribution is -2.59. The standard InChI is InChI=1S/C31H33F3N4O6/c1-18-15-20(22-7-5-6-8-24(22)35-18)17-43-21-11-9-19(10-12-21)26(39)36-25-16-38(28(41)30(2,3)4)14-13-23(25)27(40)37-44-29(42)31(32,33)34/h5-12,15,23,25H,13-14,16-17H2,1-4H3,(H,36,39)(H,37,40)/t23-,25-/m0/s1. The number of pyridine rings is 1. The van der Waals surface area contributed by atoms with Gasteiger partial charge in [0.05, 0.1) is 17.5 Å². The monoisotopic (exact) mass is 614 g/mol. The normalized spacial score (nSPS) is 17.1. The number of para-hydroxylation sites is 1. The van der Waals surface area contributed by atoms with Crippen molar-refractivity contribution in [2.75, 3.05) is 13.1 Å². The van der Waals surface area contributed by atoms with Crippen molar-refractivity contribution < 1.29 is 41.9 Å². The van der Waals surface area contributed by atoms with Gasteiger partial charge in [-0.05, 0) is 49.7 Å². The minimum Gasteiger partial charge on any atom is -0.489 e. The highest BCUT2D eigenvalue weighted by Crippen LogP contribution is 2.26. The summed E-state index contributed by atoms with van der Waals surface area (Å²) in [4.78, 5) is 59.9. The van der Waals surface area contributed by atoms with Gasteiger partial charge < -0.3 is 19.8 Å². The molecule has 4 rings (SSSR count). The molecule has 1 aromatic heterocycles. The van der Waals surface area contributed by atoms with Gasteiger partial charge in [0.1, 0.15) is 12.4 Å². The largest absolute Gasteiger partial charge is 0.493 e. The number of nitrogens with one attached hydrogen (secondary N) is 2. The molecule has 2 heterocycles. The molecule has 0 radical (unpaired) electrons. The average Bonchev–Trinajstić information content (AvgIpc) is 2.97. The Labute approximate surface area is 251 Å². The second-order valence-electron chi connectivity index (χ2n) is 11.6. The van der Waals surface area contributed by atoms with Gasteiger partial charge in [-0.2, -0.15) is 18.7 Å². The van der Waals surface area contributed by atoms with Crippen LogP contribution in [-0.2, 0) is 25.8 Å². The maximum Gasteiger partial charge on any atom is 0.493 e. The van der Waals surface area contributed by atoms with Gasteiger partial charge in [-0.3, -0.25) is 19.4 Å². The summed E-state index contributed by atoms with van der Waals surface area (Å²) < 4.78 is 43.6. The third-order valence-electron chi connectivity index (χ3n) is 7.11. The number of aryl methyl sites for hydroxylation is 1. The molecule has 234 valence electrons. The van der Waals surface area contributed by atoms with Crippen LogP contribution in [0.2, 0.25) is 0 Å². The van der Waals surface area contributed by atoms with Gasteiger partial charge in [0.15, 0.2) is 0 Å². The fraction of sp³-hybridized carbons (Fsp3) is 0.387. The average molecular weight is 615 g/mol. The Morgan fingerprint density at radius 1 is 1.02 bits per heavy atom. The number of fused-ring (bicyclic) bond motifs is 1. The lowest BCUT2D eigenvalue weighted by molar-refractivity contribution is -0.208. The van der Waals surface area contributed by atoms with E-state index in [0.29, 0.717) is 5.75 Å². The number of aromatic nitrogens is 1. The number of alkyl halides is 3. The maximum atomic E-state index is 13.2. The molecule has 2 N–H and O–H groups in total. The Bertz CT molecular complexity index is 1550. The quantitative estimate of drug-likeness (QED) is 0.398. The lowest BCUT2D eigenvalue weighted by atomic mass is 9.87. The molecule has 0 unspecified atom stereocenters. The number of likely N-dealkylation sites (tertiary alicyclic amines) is 1. The molecule has 3 amide bonds. The molecule has 0 bridgehead atoms. The van der Waals surface area contributed by atoms with Crippen molar-refractivity contribution in [3.63, 3.8) is 0 Å². The number of carbonyl (C=O) groups excluding carboxylic acids is 4. The Morgan fingerprint density at radius 3 is 2.36 bits per heavy atom. The van der Waals surface area contributed by atoms with Crippen molar-refractivity contribution in [2.45, 2.75) is 52.9 Å². The molecule has 1 aliphatic rings. The predicted octanol–water partition coefficient (Wildman–Crippen LogP) is 4.25. The van der Waals surface area contributed by atoms with Crippen molar-refractivity contribution in [1.29, 1.82) is 0 Å². The highest BCUT2D eigenvalue weighted by atomic mass is 19.4. The molecule has 0 saturated carbocycles. The first-order chi connectivity index (χ1) is 20.6. The molecule has 3 aromatic rings. The molecule has 1 aliphatic heterocycles. The molecule has 13 heteroatoms. The molecular formula is C31H33F3N4O6. The number of hydroxylamine groups is 1. The van der Waals surface area contributed by atoms with Gasteiger partial charge in [-0.25, -0.2) is 4.79 Å². The van der Waals surface area contributed by atoms with Crippen molar-refractivity contribution in [1.82, 2.24) is 20.7 Å². The van der Waals surface area contributed by atoms with Gasteiger partial charge >= 0.3 is 12.1 Å². The van der Waals surface area contributed by atoms with Crippen LogP contribution in [0.4, 0.5) is 13.2 Å². The van der Waals surface area contributed by atoms with Crippen molar-refractivity contribution in [3.05, 3.63) is 71.4 Å². The van der Waals surface area contributed by atoms with E-state index in [1.165, 1.54) is 17.0 Å². The van der Waals surface area contributed by atoms with Gasteiger partial charge in [0.2, 0.25) is 5.91 Å². The van der Waals surface area contributed by atoms with Gasteiger partial charge in [0.25, 0.3) is 11.8 Å². The zero-order valence-electron chi connectivity index (χ0n) is 24.7. The number of ether oxygens (including phenoxy) is 1. The number of hydrogen-bond donors (Lipinski definition) is 2. The fourth-order valence-corrected chi connectivity index (χ4v) is 4.93. The summed E-state index contributed by atoms with van der Waals surface area (Å²) in [6, 6.07) is 15.0. The molecule has 1 saturated heterocycles. The third kappa shape index (κ3) is 7.82. The topological polar surface area (TPSA) is 127 Å². The van der Waals surface area contributed by atoms with Crippen molar-refractivity contribution >= 4 is 34.6 Å². The van der Waals surface area contributed by atoms with Crippen molar-refractivity contribution in [2.24, 2.45) is 11.3 Å². The van der Waals surface area contributed by atoms with E-state index in [9.17, 15) is 32.3 Å². The number of rotatable bonds is 6. The van der Waals surface area contributed by atoms with Crippen LogP contribution < -0.4 is 15.5 Å². The van der Waals surface area contributed by atoms with E-state index in [1.807, 2.05) is 37.3 Å². The van der Waals surface area contributed by atoms with Gasteiger partial charge in [-0.1, -0.05) is 39.0 Å². The van der Waals surface area contributed by atoms with Crippen LogP contribution in [0.3, 0.4) is 0 Å². The first-order valence-corrected chi connectivity index (χ1v) is 13.9. The summed E-state index contributed by atoms with van der Waals surface area (Å²) >= 11 is 0. The minimum atomic E-state index is -5.30. The Morgan fingerprint density at radius 2 is 1.70 bits per heavy atom. The van der Waals surface area contributed by atoms with Crippen LogP contribution in [0.25, 0.3) is 10.9 Å². The van der Waals surface area contributed by atoms with E-state index in [1.54, 1.807) is 38.4 Å². The molecule has 2 atom stereocenters. The Kier molecular flexibility index (Phi) is 9.45. The zero-order chi connectivity index (χ0) is 32.2. The summed E-state index contributed by atoms with van der Waals surface area (Å²) in [7, 11) is 0. The molecule has 10 nitrogen and oxygen atoms in total. The molecule has 0 spiro atoms. The molecule has 0 aliphatic carbocycles. The highest BCUT2D eigenvalue weighted by Gasteiger charge is 2.43. The number of hydrogen-bond acceptors (Lipinski definition) is 7. The first-order valence-electron chi connectivity index (χ1n) is 13.9. The molecule has 1 fully saturated rings. The van der Waals surface area contributed by atoms with Crippen LogP contribution in [0.5, 0.6) is 5.75 Å². The molecular weight excluding hydrogens is 581 g/mol. The van der Waals surface area contributed by atoms with Crippen LogP contribution in [-0.4, -0.2) is 58.9 Å². The summed E-state index contributed by atoms with van der Waals surface area (Å²) in [5, 5.41) is 3.68. The summed E-state index contributed by atoms with van der Waals surface area (Å²) in [5.74, 6) is -4.99. The van der Waals surface area contributed by atoms with E-state index in [-0.39, 0.29) is 37.6 Å². The smallest absolute Gasteiger partial charge is 0.489 e. The summed E-state index contributed by atoms with van der Waals surface area (Å²) in [5.41, 5.74) is 3.68. The van der Waals surface area contributed by atoms with E-state index >= 15 is 0 Å². The number of piperidine rings is 1. The number of nitrogens with zero attached hydrogens (tertiary/aromatic N) is 2. The third-order valence-corrected chi connectivity index (χ3v) is 7.11. The van der Waals surface area contributed by atoms with E-state index in [2.05, 4.69) is 15.1 Å². The van der Waals surface area contributed by atoms with Gasteiger partial charge in [0, 0.05) is 40.7 Å². The van der Waals surface area contributed by atoms with Crippen LogP contribution in [0, 0.1) is 18.3 Å². The fourth-order valence-electron chi connectivity index (χ4n) is 4.93. The molecule has 44 heavy (non-hydrogen) atoms. The predicted molar refractivity (Wildman–Crippen MR) is 153 cm³/mol. The lowest BCUT2D eigenvalue weighted by Gasteiger charge is -2.40. The first kappa shape index (κ1) is 32.2. The number of carbonyl (C=O) groups is 4. The Balaban J connectivity index is 1.44. The van der Waals surface area contributed by atoms with Gasteiger partial charge in [-0.15, -0.1) is 0 Å². The molecule has 2 aromatic carbocycles. The second kappa shape index (κ2) is 12.9. The van der Waals surface area contributed by atoms with Crippen LogP contribution in [0.15, 0.2) is 54.6 Å². The number of halogens is 3. The van der Waals surface area contributed by atoms with Crippen LogP contribution in [0.1, 0.15) is 48.8 Å². The zero-order valence-corrected chi connectivity index (χ0v) is 24.7. The van der Waals surface area contributed by atoms with Crippen molar-refractivity contribution in [3.8, 4) is 5.75 Å². The van der Waals surface area contributed by atoms with E-state index in [4.69, 9.17) is 4.74 Å². The number of amides is 3. The highest BCUT2D eigenvalue weighted by molar-refractivity contribution is 5.95. The SMILES string of the molecule is Cc1cc(COc2ccc(C(=O)N[C@H]3CN(C(=O)C(C)(C)C)CC[C@@H]3C(=O)NOC(=O)C(F)(F)F)cc2)c2ccccc2n1. The minimum absolute atomic E-state index is 0.0120. The second-order valence-corrected chi connectivity index (χ2v) is 11.6. The summed E-state index contributed by atoms with van der Waals surface area (Å²) in [6.45, 7) is 7.38. The maximum absolute atomic E-state index is 13.2.